The van der Waals surface area contributed by atoms with Crippen LogP contribution < -0.4 is 5.32 Å². The molecule has 2 aromatic rings. The lowest BCUT2D eigenvalue weighted by atomic mass is 10.3. The topological polar surface area (TPSA) is 29.9 Å². The average molecular weight is 222 g/mol. The van der Waals surface area contributed by atoms with Crippen LogP contribution in [0.4, 0.5) is 5.69 Å². The smallest absolute Gasteiger partial charge is 0.0815 e. The van der Waals surface area contributed by atoms with Gasteiger partial charge in [-0.2, -0.15) is 5.10 Å². The molecule has 4 heteroatoms. The minimum absolute atomic E-state index is 0.710. The van der Waals surface area contributed by atoms with Crippen molar-refractivity contribution in [1.82, 2.24) is 9.78 Å². The average Bonchev–Trinajstić information content (AvgIpc) is 2.62. The number of aromatic nitrogens is 2. The number of hydrogen-bond donors (Lipinski definition) is 1. The van der Waals surface area contributed by atoms with E-state index in [2.05, 4.69) is 10.4 Å². The van der Waals surface area contributed by atoms with Gasteiger partial charge >= 0.3 is 0 Å². The van der Waals surface area contributed by atoms with Crippen molar-refractivity contribution in [3.63, 3.8) is 0 Å². The summed E-state index contributed by atoms with van der Waals surface area (Å²) < 4.78 is 1.79. The number of rotatable bonds is 3. The third kappa shape index (κ3) is 2.73. The van der Waals surface area contributed by atoms with Gasteiger partial charge < -0.3 is 5.32 Å². The van der Waals surface area contributed by atoms with Gasteiger partial charge in [0.1, 0.15) is 0 Å². The van der Waals surface area contributed by atoms with E-state index in [-0.39, 0.29) is 0 Å². The van der Waals surface area contributed by atoms with Crippen molar-refractivity contribution in [2.45, 2.75) is 6.54 Å². The first-order valence-corrected chi connectivity index (χ1v) is 5.10. The van der Waals surface area contributed by atoms with Crippen LogP contribution in [0.3, 0.4) is 0 Å². The third-order valence-corrected chi connectivity index (χ3v) is 2.30. The summed E-state index contributed by atoms with van der Waals surface area (Å²) in [6, 6.07) is 9.63. The standard InChI is InChI=1S/C11H12ClN3/c1-15-6-5-11(14-15)8-13-10-4-2-3-9(12)7-10/h2-7,13H,8H2,1H3. The Morgan fingerprint density at radius 2 is 2.27 bits per heavy atom. The highest BCUT2D eigenvalue weighted by molar-refractivity contribution is 6.30. The van der Waals surface area contributed by atoms with E-state index in [0.29, 0.717) is 6.54 Å². The van der Waals surface area contributed by atoms with Gasteiger partial charge in [0.25, 0.3) is 0 Å². The second kappa shape index (κ2) is 4.36. The van der Waals surface area contributed by atoms with E-state index < -0.39 is 0 Å². The number of anilines is 1. The SMILES string of the molecule is Cn1ccc(CNc2cccc(Cl)c2)n1. The minimum atomic E-state index is 0.710. The van der Waals surface area contributed by atoms with Gasteiger partial charge in [-0.15, -0.1) is 0 Å². The zero-order valence-electron chi connectivity index (χ0n) is 8.44. The van der Waals surface area contributed by atoms with E-state index in [1.54, 1.807) is 4.68 Å². The van der Waals surface area contributed by atoms with Crippen molar-refractivity contribution in [2.24, 2.45) is 7.05 Å². The molecule has 0 aliphatic rings. The molecule has 3 nitrogen and oxygen atoms in total. The van der Waals surface area contributed by atoms with Crippen molar-refractivity contribution >= 4 is 17.3 Å². The zero-order valence-corrected chi connectivity index (χ0v) is 9.20. The Morgan fingerprint density at radius 3 is 2.93 bits per heavy atom. The normalized spacial score (nSPS) is 10.3. The number of nitrogens with one attached hydrogen (secondary N) is 1. The molecular formula is C11H12ClN3. The van der Waals surface area contributed by atoms with Gasteiger partial charge in [0.2, 0.25) is 0 Å². The summed E-state index contributed by atoms with van der Waals surface area (Å²) in [6.45, 7) is 0.710. The fourth-order valence-electron chi connectivity index (χ4n) is 1.35. The Labute approximate surface area is 93.7 Å². The third-order valence-electron chi connectivity index (χ3n) is 2.07. The fourth-order valence-corrected chi connectivity index (χ4v) is 1.54. The maximum atomic E-state index is 5.87. The van der Waals surface area contributed by atoms with Crippen LogP contribution in [-0.4, -0.2) is 9.78 Å². The first-order chi connectivity index (χ1) is 7.24. The van der Waals surface area contributed by atoms with E-state index in [1.807, 2.05) is 43.6 Å². The molecule has 0 fully saturated rings. The molecule has 0 aliphatic heterocycles. The highest BCUT2D eigenvalue weighted by Crippen LogP contribution is 2.15. The van der Waals surface area contributed by atoms with Gasteiger partial charge in [-0.1, -0.05) is 17.7 Å². The van der Waals surface area contributed by atoms with E-state index in [4.69, 9.17) is 11.6 Å². The molecule has 0 saturated carbocycles. The van der Waals surface area contributed by atoms with E-state index in [1.165, 1.54) is 0 Å². The monoisotopic (exact) mass is 221 g/mol. The van der Waals surface area contributed by atoms with Crippen molar-refractivity contribution in [2.75, 3.05) is 5.32 Å². The number of aryl methyl sites for hydroxylation is 1. The molecule has 0 amide bonds. The van der Waals surface area contributed by atoms with Crippen LogP contribution >= 0.6 is 11.6 Å². The maximum Gasteiger partial charge on any atom is 0.0815 e. The fraction of sp³-hybridized carbons (Fsp3) is 0.182. The van der Waals surface area contributed by atoms with Crippen LogP contribution in [0.1, 0.15) is 5.69 Å². The van der Waals surface area contributed by atoms with Gasteiger partial charge in [0.05, 0.1) is 12.2 Å². The van der Waals surface area contributed by atoms with Crippen molar-refractivity contribution in [1.29, 1.82) is 0 Å². The van der Waals surface area contributed by atoms with Crippen LogP contribution in [0.2, 0.25) is 5.02 Å². The minimum Gasteiger partial charge on any atom is -0.379 e. The Morgan fingerprint density at radius 1 is 1.40 bits per heavy atom. The highest BCUT2D eigenvalue weighted by Gasteiger charge is 1.97. The second-order valence-corrected chi connectivity index (χ2v) is 3.78. The Bertz CT molecular complexity index is 451. The summed E-state index contributed by atoms with van der Waals surface area (Å²) in [5.74, 6) is 0. The molecule has 1 aromatic carbocycles. The quantitative estimate of drug-likeness (QED) is 0.864. The van der Waals surface area contributed by atoms with Gasteiger partial charge in [-0.25, -0.2) is 0 Å². The lowest BCUT2D eigenvalue weighted by molar-refractivity contribution is 0.747. The van der Waals surface area contributed by atoms with Crippen molar-refractivity contribution in [3.05, 3.63) is 47.2 Å². The summed E-state index contributed by atoms with van der Waals surface area (Å²) in [6.07, 6.45) is 1.93. The van der Waals surface area contributed by atoms with E-state index in [9.17, 15) is 0 Å². The lowest BCUT2D eigenvalue weighted by Gasteiger charge is -2.04. The molecule has 0 aliphatic carbocycles. The second-order valence-electron chi connectivity index (χ2n) is 3.34. The van der Waals surface area contributed by atoms with Gasteiger partial charge in [-0.3, -0.25) is 4.68 Å². The van der Waals surface area contributed by atoms with Crippen molar-refractivity contribution in [3.8, 4) is 0 Å². The molecule has 0 unspecified atom stereocenters. The molecule has 1 heterocycles. The van der Waals surface area contributed by atoms with Gasteiger partial charge in [0, 0.05) is 24.0 Å². The molecule has 15 heavy (non-hydrogen) atoms. The first-order valence-electron chi connectivity index (χ1n) is 4.72. The largest absolute Gasteiger partial charge is 0.379 e. The first kappa shape index (κ1) is 10.1. The molecule has 0 radical (unpaired) electrons. The van der Waals surface area contributed by atoms with Crippen LogP contribution in [-0.2, 0) is 13.6 Å². The van der Waals surface area contributed by atoms with Crippen LogP contribution in [0.25, 0.3) is 0 Å². The Kier molecular flexibility index (Phi) is 2.92. The summed E-state index contributed by atoms with van der Waals surface area (Å²) in [4.78, 5) is 0. The molecule has 78 valence electrons. The molecular weight excluding hydrogens is 210 g/mol. The van der Waals surface area contributed by atoms with E-state index >= 15 is 0 Å². The summed E-state index contributed by atoms with van der Waals surface area (Å²) in [5, 5.41) is 8.26. The summed E-state index contributed by atoms with van der Waals surface area (Å²) >= 11 is 5.87. The number of nitrogens with zero attached hydrogens (tertiary/aromatic N) is 2. The predicted molar refractivity (Wildman–Crippen MR) is 62.0 cm³/mol. The Balaban J connectivity index is 1.99. The van der Waals surface area contributed by atoms with Crippen molar-refractivity contribution < 1.29 is 0 Å². The predicted octanol–water partition coefficient (Wildman–Crippen LogP) is 2.69. The number of benzene rings is 1. The van der Waals surface area contributed by atoms with Crippen LogP contribution in [0.15, 0.2) is 36.5 Å². The zero-order chi connectivity index (χ0) is 10.7. The molecule has 1 aromatic heterocycles. The summed E-state index contributed by atoms with van der Waals surface area (Å²) in [7, 11) is 1.91. The van der Waals surface area contributed by atoms with E-state index in [0.717, 1.165) is 16.4 Å². The van der Waals surface area contributed by atoms with Crippen LogP contribution in [0.5, 0.6) is 0 Å². The molecule has 0 spiro atoms. The highest BCUT2D eigenvalue weighted by atomic mass is 35.5. The molecule has 0 saturated heterocycles. The van der Waals surface area contributed by atoms with Crippen LogP contribution in [0, 0.1) is 0 Å². The maximum absolute atomic E-state index is 5.87. The van der Waals surface area contributed by atoms with Gasteiger partial charge in [-0.05, 0) is 24.3 Å². The number of halogens is 1. The summed E-state index contributed by atoms with van der Waals surface area (Å²) in [5.41, 5.74) is 2.02. The van der Waals surface area contributed by atoms with Gasteiger partial charge in [0.15, 0.2) is 0 Å². The lowest BCUT2D eigenvalue weighted by Crippen LogP contribution is -2.00. The Hall–Kier alpha value is -1.48. The molecule has 1 N–H and O–H groups in total. The number of hydrogen-bond acceptors (Lipinski definition) is 2. The molecule has 2 rings (SSSR count). The molecule has 0 atom stereocenters. The molecule has 0 bridgehead atoms.